The van der Waals surface area contributed by atoms with E-state index in [0.717, 1.165) is 0 Å². The lowest BCUT2D eigenvalue weighted by atomic mass is 9.75. The van der Waals surface area contributed by atoms with Crippen LogP contribution in [0.4, 0.5) is 0 Å². The summed E-state index contributed by atoms with van der Waals surface area (Å²) in [4.78, 5) is 11.6. The van der Waals surface area contributed by atoms with Crippen LogP contribution in [-0.4, -0.2) is 11.9 Å². The van der Waals surface area contributed by atoms with Crippen molar-refractivity contribution < 1.29 is 4.79 Å². The van der Waals surface area contributed by atoms with Crippen LogP contribution >= 0.6 is 0 Å². The number of hydrogen-bond acceptors (Lipinski definition) is 1. The van der Waals surface area contributed by atoms with E-state index < -0.39 is 0 Å². The molecule has 0 bridgehead atoms. The second-order valence-corrected chi connectivity index (χ2v) is 6.71. The van der Waals surface area contributed by atoms with Crippen LogP contribution in [0.5, 0.6) is 0 Å². The summed E-state index contributed by atoms with van der Waals surface area (Å²) in [7, 11) is 0. The first-order valence-corrected chi connectivity index (χ1v) is 6.64. The Hall–Kier alpha value is -1.31. The van der Waals surface area contributed by atoms with Crippen molar-refractivity contribution in [2.45, 2.75) is 57.9 Å². The molecule has 2 rings (SSSR count). The molecular weight excluding hydrogens is 222 g/mol. The minimum atomic E-state index is -0.0759. The normalized spacial score (nSPS) is 28.3. The van der Waals surface area contributed by atoms with Gasteiger partial charge in [0.1, 0.15) is 0 Å². The Bertz CT molecular complexity index is 455. The molecule has 1 fully saturated rings. The maximum absolute atomic E-state index is 11.6. The molecule has 0 radical (unpaired) electrons. The van der Waals surface area contributed by atoms with Gasteiger partial charge in [0.2, 0.25) is 5.91 Å². The molecule has 0 aromatic heterocycles. The second-order valence-electron chi connectivity index (χ2n) is 6.71. The predicted molar refractivity (Wildman–Crippen MR) is 74.7 cm³/mol. The largest absolute Gasteiger partial charge is 0.353 e. The third kappa shape index (κ3) is 2.16. The average molecular weight is 245 g/mol. The third-order valence-corrected chi connectivity index (χ3v) is 4.27. The zero-order valence-electron chi connectivity index (χ0n) is 12.0. The Morgan fingerprint density at radius 3 is 2.17 bits per heavy atom. The van der Waals surface area contributed by atoms with E-state index in [1.807, 2.05) is 0 Å². The van der Waals surface area contributed by atoms with E-state index >= 15 is 0 Å². The van der Waals surface area contributed by atoms with E-state index in [0.29, 0.717) is 6.42 Å². The van der Waals surface area contributed by atoms with E-state index in [1.165, 1.54) is 11.1 Å². The van der Waals surface area contributed by atoms with E-state index in [-0.39, 0.29) is 22.8 Å². The van der Waals surface area contributed by atoms with Crippen molar-refractivity contribution in [2.24, 2.45) is 0 Å². The summed E-state index contributed by atoms with van der Waals surface area (Å²) in [5, 5.41) is 3.01. The number of carbonyl (C=O) groups excluding carboxylic acids is 1. The van der Waals surface area contributed by atoms with E-state index in [2.05, 4.69) is 64.2 Å². The van der Waals surface area contributed by atoms with Crippen molar-refractivity contribution in [3.05, 3.63) is 35.4 Å². The van der Waals surface area contributed by atoms with Gasteiger partial charge in [-0.2, -0.15) is 0 Å². The number of nitrogens with one attached hydrogen (secondary N) is 1. The van der Waals surface area contributed by atoms with Crippen molar-refractivity contribution in [1.29, 1.82) is 0 Å². The topological polar surface area (TPSA) is 29.1 Å². The summed E-state index contributed by atoms with van der Waals surface area (Å²) >= 11 is 0. The van der Waals surface area contributed by atoms with Gasteiger partial charge >= 0.3 is 0 Å². The first-order chi connectivity index (χ1) is 8.23. The third-order valence-electron chi connectivity index (χ3n) is 4.27. The molecule has 0 spiro atoms. The van der Waals surface area contributed by atoms with Gasteiger partial charge in [-0.15, -0.1) is 0 Å². The fraction of sp³-hybridized carbons (Fsp3) is 0.562. The first kappa shape index (κ1) is 13.1. The predicted octanol–water partition coefficient (Wildman–Crippen LogP) is 3.15. The van der Waals surface area contributed by atoms with Gasteiger partial charge < -0.3 is 5.32 Å². The van der Waals surface area contributed by atoms with Gasteiger partial charge in [0, 0.05) is 17.9 Å². The average Bonchev–Trinajstić information content (AvgIpc) is 2.53. The SMILES string of the molecule is CC1NC(=O)CC1(C)c1ccc(C(C)(C)C)cc1. The van der Waals surface area contributed by atoms with Crippen LogP contribution in [0.1, 0.15) is 52.2 Å². The molecule has 0 aliphatic carbocycles. The highest BCUT2D eigenvalue weighted by atomic mass is 16.2. The molecule has 2 nitrogen and oxygen atoms in total. The number of amides is 1. The van der Waals surface area contributed by atoms with Gasteiger partial charge in [-0.05, 0) is 23.5 Å². The van der Waals surface area contributed by atoms with Crippen LogP contribution < -0.4 is 5.32 Å². The number of carbonyl (C=O) groups is 1. The minimum absolute atomic E-state index is 0.0759. The summed E-state index contributed by atoms with van der Waals surface area (Å²) in [6.45, 7) is 10.9. The summed E-state index contributed by atoms with van der Waals surface area (Å²) in [5.74, 6) is 0.157. The molecular formula is C16H23NO. The molecule has 1 heterocycles. The van der Waals surface area contributed by atoms with Gasteiger partial charge in [-0.25, -0.2) is 0 Å². The molecule has 0 saturated carbocycles. The molecule has 1 aromatic rings. The number of benzene rings is 1. The molecule has 1 saturated heterocycles. The first-order valence-electron chi connectivity index (χ1n) is 6.64. The highest BCUT2D eigenvalue weighted by molar-refractivity contribution is 5.81. The standard InChI is InChI=1S/C16H23NO/c1-11-16(5,10-14(18)17-11)13-8-6-12(7-9-13)15(2,3)4/h6-9,11H,10H2,1-5H3,(H,17,18). The van der Waals surface area contributed by atoms with Crippen molar-refractivity contribution in [1.82, 2.24) is 5.32 Å². The molecule has 1 aliphatic heterocycles. The Kier molecular flexibility index (Phi) is 3.00. The van der Waals surface area contributed by atoms with Crippen molar-refractivity contribution >= 4 is 5.91 Å². The zero-order valence-corrected chi connectivity index (χ0v) is 12.0. The summed E-state index contributed by atoms with van der Waals surface area (Å²) in [6, 6.07) is 8.94. The van der Waals surface area contributed by atoms with Crippen LogP contribution in [0.25, 0.3) is 0 Å². The molecule has 2 heteroatoms. The lowest BCUT2D eigenvalue weighted by Crippen LogP contribution is -2.35. The Labute approximate surface area is 110 Å². The van der Waals surface area contributed by atoms with Gasteiger partial charge in [-0.1, -0.05) is 52.0 Å². The quantitative estimate of drug-likeness (QED) is 0.809. The molecule has 1 N–H and O–H groups in total. The lowest BCUT2D eigenvalue weighted by molar-refractivity contribution is -0.119. The molecule has 1 aromatic carbocycles. The Morgan fingerprint density at radius 2 is 1.78 bits per heavy atom. The summed E-state index contributed by atoms with van der Waals surface area (Å²) in [5.41, 5.74) is 2.68. The molecule has 2 unspecified atom stereocenters. The number of rotatable bonds is 1. The van der Waals surface area contributed by atoms with Gasteiger partial charge in [0.05, 0.1) is 0 Å². The van der Waals surface area contributed by atoms with Crippen molar-refractivity contribution in [3.63, 3.8) is 0 Å². The fourth-order valence-corrected chi connectivity index (χ4v) is 2.64. The smallest absolute Gasteiger partial charge is 0.221 e. The van der Waals surface area contributed by atoms with Crippen molar-refractivity contribution in [3.8, 4) is 0 Å². The van der Waals surface area contributed by atoms with E-state index in [9.17, 15) is 4.79 Å². The Balaban J connectivity index is 2.33. The van der Waals surface area contributed by atoms with Gasteiger partial charge in [-0.3, -0.25) is 4.79 Å². The second kappa shape index (κ2) is 4.11. The molecule has 18 heavy (non-hydrogen) atoms. The monoisotopic (exact) mass is 245 g/mol. The van der Waals surface area contributed by atoms with E-state index in [1.54, 1.807) is 0 Å². The molecule has 1 aliphatic rings. The van der Waals surface area contributed by atoms with Crippen LogP contribution in [0, 0.1) is 0 Å². The minimum Gasteiger partial charge on any atom is -0.353 e. The van der Waals surface area contributed by atoms with Crippen LogP contribution in [0.3, 0.4) is 0 Å². The Morgan fingerprint density at radius 1 is 1.22 bits per heavy atom. The highest BCUT2D eigenvalue weighted by Crippen LogP contribution is 2.36. The molecule has 98 valence electrons. The van der Waals surface area contributed by atoms with E-state index in [4.69, 9.17) is 0 Å². The lowest BCUT2D eigenvalue weighted by Gasteiger charge is -2.29. The van der Waals surface area contributed by atoms with Crippen LogP contribution in [0.2, 0.25) is 0 Å². The van der Waals surface area contributed by atoms with Crippen molar-refractivity contribution in [2.75, 3.05) is 0 Å². The zero-order chi connectivity index (χ0) is 13.6. The highest BCUT2D eigenvalue weighted by Gasteiger charge is 2.41. The fourth-order valence-electron chi connectivity index (χ4n) is 2.64. The van der Waals surface area contributed by atoms with Gasteiger partial charge in [0.25, 0.3) is 0 Å². The number of hydrogen-bond donors (Lipinski definition) is 1. The molecule has 1 amide bonds. The van der Waals surface area contributed by atoms with Gasteiger partial charge in [0.15, 0.2) is 0 Å². The molecule has 2 atom stereocenters. The summed E-state index contributed by atoms with van der Waals surface area (Å²) < 4.78 is 0. The van der Waals surface area contributed by atoms with Crippen LogP contribution in [0.15, 0.2) is 24.3 Å². The maximum Gasteiger partial charge on any atom is 0.221 e. The van der Waals surface area contributed by atoms with Crippen LogP contribution in [-0.2, 0) is 15.6 Å². The summed E-state index contributed by atoms with van der Waals surface area (Å²) in [6.07, 6.45) is 0.586. The maximum atomic E-state index is 11.6.